The predicted octanol–water partition coefficient (Wildman–Crippen LogP) is 2.74. The van der Waals surface area contributed by atoms with Gasteiger partial charge in [0.15, 0.2) is 0 Å². The Labute approximate surface area is 130 Å². The maximum Gasteiger partial charge on any atom is 0.123 e. The molecular formula is C17H22FN3O. The molecule has 0 bridgehead atoms. The smallest absolute Gasteiger partial charge is 0.123 e. The van der Waals surface area contributed by atoms with Crippen molar-refractivity contribution in [2.75, 3.05) is 26.2 Å². The molecular weight excluding hydrogens is 281 g/mol. The zero-order chi connectivity index (χ0) is 15.5. The normalized spacial score (nSPS) is 21.0. The Bertz CT molecular complexity index is 611. The molecule has 2 atom stereocenters. The Balaban J connectivity index is 1.61. The molecule has 0 radical (unpaired) electrons. The minimum absolute atomic E-state index is 0.0860. The van der Waals surface area contributed by atoms with Crippen LogP contribution in [0.2, 0.25) is 0 Å². The lowest BCUT2D eigenvalue weighted by molar-refractivity contribution is -0.0313. The van der Waals surface area contributed by atoms with Gasteiger partial charge < -0.3 is 4.74 Å². The lowest BCUT2D eigenvalue weighted by Crippen LogP contribution is -2.40. The highest BCUT2D eigenvalue weighted by atomic mass is 19.1. The van der Waals surface area contributed by atoms with Gasteiger partial charge in [-0.3, -0.25) is 9.58 Å². The van der Waals surface area contributed by atoms with Crippen LogP contribution in [0.5, 0.6) is 0 Å². The van der Waals surface area contributed by atoms with E-state index in [-0.39, 0.29) is 11.9 Å². The van der Waals surface area contributed by atoms with Crippen LogP contribution in [-0.2, 0) is 11.8 Å². The van der Waals surface area contributed by atoms with Gasteiger partial charge in [0.2, 0.25) is 0 Å². The van der Waals surface area contributed by atoms with Crippen molar-refractivity contribution in [1.82, 2.24) is 14.7 Å². The van der Waals surface area contributed by atoms with Gasteiger partial charge in [-0.1, -0.05) is 19.1 Å². The van der Waals surface area contributed by atoms with Crippen LogP contribution in [0.3, 0.4) is 0 Å². The van der Waals surface area contributed by atoms with Crippen LogP contribution in [0, 0.1) is 5.82 Å². The molecule has 4 nitrogen and oxygen atoms in total. The quantitative estimate of drug-likeness (QED) is 0.870. The Hall–Kier alpha value is -1.72. The van der Waals surface area contributed by atoms with Gasteiger partial charge in [-0.2, -0.15) is 5.10 Å². The maximum absolute atomic E-state index is 13.0. The topological polar surface area (TPSA) is 30.3 Å². The van der Waals surface area contributed by atoms with Crippen LogP contribution < -0.4 is 0 Å². The van der Waals surface area contributed by atoms with Gasteiger partial charge in [0.25, 0.3) is 0 Å². The number of halogens is 1. The highest BCUT2D eigenvalue weighted by molar-refractivity contribution is 5.20. The van der Waals surface area contributed by atoms with E-state index in [2.05, 4.69) is 16.9 Å². The molecule has 0 aliphatic carbocycles. The molecule has 5 heteroatoms. The summed E-state index contributed by atoms with van der Waals surface area (Å²) in [5.74, 6) is 0.187. The van der Waals surface area contributed by atoms with E-state index >= 15 is 0 Å². The number of aryl methyl sites for hydroxylation is 1. The number of ether oxygens (including phenoxy) is 1. The molecule has 1 aromatic carbocycles. The van der Waals surface area contributed by atoms with E-state index in [1.165, 1.54) is 17.7 Å². The van der Waals surface area contributed by atoms with Crippen molar-refractivity contribution in [2.24, 2.45) is 7.05 Å². The summed E-state index contributed by atoms with van der Waals surface area (Å²) < 4.78 is 20.7. The molecule has 1 fully saturated rings. The van der Waals surface area contributed by atoms with Crippen molar-refractivity contribution in [3.8, 4) is 0 Å². The van der Waals surface area contributed by atoms with Crippen LogP contribution in [-0.4, -0.2) is 40.9 Å². The van der Waals surface area contributed by atoms with E-state index in [1.807, 2.05) is 31.6 Å². The summed E-state index contributed by atoms with van der Waals surface area (Å²) in [6.45, 7) is 5.67. The fraction of sp³-hybridized carbons (Fsp3) is 0.471. The largest absolute Gasteiger partial charge is 0.371 e. The fourth-order valence-corrected chi connectivity index (χ4v) is 2.96. The minimum atomic E-state index is -0.182. The maximum atomic E-state index is 13.0. The molecule has 1 saturated heterocycles. The van der Waals surface area contributed by atoms with E-state index in [9.17, 15) is 4.39 Å². The van der Waals surface area contributed by atoms with E-state index in [0.29, 0.717) is 5.92 Å². The van der Waals surface area contributed by atoms with Gasteiger partial charge in [-0.05, 0) is 23.6 Å². The zero-order valence-corrected chi connectivity index (χ0v) is 13.1. The van der Waals surface area contributed by atoms with Crippen molar-refractivity contribution in [2.45, 2.75) is 18.9 Å². The van der Waals surface area contributed by atoms with Crippen LogP contribution in [0.15, 0.2) is 36.7 Å². The third-order valence-electron chi connectivity index (χ3n) is 4.22. The van der Waals surface area contributed by atoms with Crippen molar-refractivity contribution in [3.63, 3.8) is 0 Å². The van der Waals surface area contributed by atoms with Gasteiger partial charge in [0.1, 0.15) is 5.82 Å². The summed E-state index contributed by atoms with van der Waals surface area (Å²) in [5.41, 5.74) is 2.30. The van der Waals surface area contributed by atoms with Gasteiger partial charge >= 0.3 is 0 Å². The average Bonchev–Trinajstić information content (AvgIpc) is 2.95. The van der Waals surface area contributed by atoms with Crippen molar-refractivity contribution < 1.29 is 9.13 Å². The van der Waals surface area contributed by atoms with E-state index in [1.54, 1.807) is 4.68 Å². The standard InChI is InChI=1S/C17H22FN3O/c1-13(14-3-5-16(18)6-4-14)10-21-7-8-22-17(12-21)15-9-19-20(2)11-15/h3-6,9,11,13,17H,7-8,10,12H2,1-2H3/t13-,17-/m1/s1. The van der Waals surface area contributed by atoms with Crippen LogP contribution >= 0.6 is 0 Å². The van der Waals surface area contributed by atoms with Crippen molar-refractivity contribution in [1.29, 1.82) is 0 Å². The van der Waals surface area contributed by atoms with Crippen molar-refractivity contribution in [3.05, 3.63) is 53.6 Å². The number of morpholine rings is 1. The van der Waals surface area contributed by atoms with Crippen LogP contribution in [0.1, 0.15) is 30.1 Å². The first-order valence-corrected chi connectivity index (χ1v) is 7.70. The number of hydrogen-bond acceptors (Lipinski definition) is 3. The monoisotopic (exact) mass is 303 g/mol. The Kier molecular flexibility index (Phi) is 4.55. The highest BCUT2D eigenvalue weighted by Crippen LogP contribution is 2.24. The number of rotatable bonds is 4. The first-order valence-electron chi connectivity index (χ1n) is 7.70. The summed E-state index contributed by atoms with van der Waals surface area (Å²) in [4.78, 5) is 2.41. The summed E-state index contributed by atoms with van der Waals surface area (Å²) in [6, 6.07) is 6.81. The molecule has 0 unspecified atom stereocenters. The number of nitrogens with zero attached hydrogens (tertiary/aromatic N) is 3. The van der Waals surface area contributed by atoms with Crippen LogP contribution in [0.25, 0.3) is 0 Å². The Morgan fingerprint density at radius 1 is 1.36 bits per heavy atom. The van der Waals surface area contributed by atoms with Gasteiger partial charge in [0.05, 0.1) is 18.9 Å². The Morgan fingerprint density at radius 2 is 2.14 bits per heavy atom. The molecule has 3 rings (SSSR count). The fourth-order valence-electron chi connectivity index (χ4n) is 2.96. The number of benzene rings is 1. The lowest BCUT2D eigenvalue weighted by Gasteiger charge is -2.34. The zero-order valence-electron chi connectivity index (χ0n) is 13.1. The molecule has 22 heavy (non-hydrogen) atoms. The molecule has 1 aromatic heterocycles. The van der Waals surface area contributed by atoms with Gasteiger partial charge in [0, 0.05) is 38.4 Å². The third-order valence-corrected chi connectivity index (χ3v) is 4.22. The summed E-state index contributed by atoms with van der Waals surface area (Å²) in [6.07, 6.45) is 3.97. The van der Waals surface area contributed by atoms with E-state index in [4.69, 9.17) is 4.74 Å². The number of aromatic nitrogens is 2. The molecule has 2 aromatic rings. The molecule has 2 heterocycles. The second kappa shape index (κ2) is 6.58. The summed E-state index contributed by atoms with van der Waals surface area (Å²) >= 11 is 0. The summed E-state index contributed by atoms with van der Waals surface area (Å²) in [7, 11) is 1.92. The molecule has 1 aliphatic heterocycles. The summed E-state index contributed by atoms with van der Waals surface area (Å²) in [5, 5.41) is 4.22. The number of hydrogen-bond donors (Lipinski definition) is 0. The lowest BCUT2D eigenvalue weighted by atomic mass is 10.00. The molecule has 118 valence electrons. The second-order valence-electron chi connectivity index (χ2n) is 6.02. The first-order chi connectivity index (χ1) is 10.6. The Morgan fingerprint density at radius 3 is 2.82 bits per heavy atom. The average molecular weight is 303 g/mol. The van der Waals surface area contributed by atoms with Gasteiger partial charge in [-0.15, -0.1) is 0 Å². The molecule has 0 saturated carbocycles. The third kappa shape index (κ3) is 3.54. The first kappa shape index (κ1) is 15.2. The highest BCUT2D eigenvalue weighted by Gasteiger charge is 2.24. The molecule has 0 amide bonds. The van der Waals surface area contributed by atoms with Crippen molar-refractivity contribution >= 4 is 0 Å². The minimum Gasteiger partial charge on any atom is -0.371 e. The molecule has 1 aliphatic rings. The van der Waals surface area contributed by atoms with E-state index in [0.717, 1.165) is 31.8 Å². The van der Waals surface area contributed by atoms with Gasteiger partial charge in [-0.25, -0.2) is 4.39 Å². The molecule has 0 spiro atoms. The SMILES string of the molecule is C[C@H](CN1CCO[C@@H](c2cnn(C)c2)C1)c1ccc(F)cc1. The van der Waals surface area contributed by atoms with E-state index < -0.39 is 0 Å². The predicted molar refractivity (Wildman–Crippen MR) is 83.2 cm³/mol. The second-order valence-corrected chi connectivity index (χ2v) is 6.02. The van der Waals surface area contributed by atoms with Crippen LogP contribution in [0.4, 0.5) is 4.39 Å². The molecule has 0 N–H and O–H groups in total.